The Hall–Kier alpha value is -1.43. The average Bonchev–Trinajstić information content (AvgIpc) is 2.91. The topological polar surface area (TPSA) is 69.7 Å². The molecule has 122 valence electrons. The Morgan fingerprint density at radius 2 is 1.73 bits per heavy atom. The molecule has 0 aromatic heterocycles. The van der Waals surface area contributed by atoms with Gasteiger partial charge in [0.05, 0.1) is 0 Å². The van der Waals surface area contributed by atoms with Crippen molar-refractivity contribution < 1.29 is 14.4 Å². The minimum atomic E-state index is -0.148. The highest BCUT2D eigenvalue weighted by Gasteiger charge is 2.44. The van der Waals surface area contributed by atoms with Crippen molar-refractivity contribution in [3.63, 3.8) is 0 Å². The third-order valence-electron chi connectivity index (χ3n) is 5.09. The van der Waals surface area contributed by atoms with Crippen LogP contribution in [0.15, 0.2) is 0 Å². The van der Waals surface area contributed by atoms with E-state index in [1.54, 1.807) is 0 Å². The lowest BCUT2D eigenvalue weighted by molar-refractivity contribution is -0.138. The van der Waals surface area contributed by atoms with Crippen LogP contribution in [0.5, 0.6) is 0 Å². The zero-order valence-corrected chi connectivity index (χ0v) is 13.1. The number of likely N-dealkylation sites (tertiary alicyclic amines) is 2. The number of nitrogens with zero attached hydrogens (tertiary/aromatic N) is 2. The molecule has 3 aliphatic rings. The van der Waals surface area contributed by atoms with Gasteiger partial charge in [-0.1, -0.05) is 0 Å². The van der Waals surface area contributed by atoms with E-state index in [1.807, 2.05) is 0 Å². The number of rotatable bonds is 7. The van der Waals surface area contributed by atoms with Gasteiger partial charge in [0.2, 0.25) is 17.7 Å². The van der Waals surface area contributed by atoms with Crippen molar-refractivity contribution >= 4 is 17.7 Å². The highest BCUT2D eigenvalue weighted by Crippen LogP contribution is 2.46. The summed E-state index contributed by atoms with van der Waals surface area (Å²) in [5.74, 6) is -0.351. The van der Waals surface area contributed by atoms with E-state index in [4.69, 9.17) is 0 Å². The lowest BCUT2D eigenvalue weighted by Gasteiger charge is -2.23. The van der Waals surface area contributed by atoms with Crippen LogP contribution >= 0.6 is 0 Å². The Labute approximate surface area is 131 Å². The minimum absolute atomic E-state index is 0.0554. The van der Waals surface area contributed by atoms with Gasteiger partial charge in [0.25, 0.3) is 0 Å². The smallest absolute Gasteiger partial charge is 0.229 e. The van der Waals surface area contributed by atoms with Gasteiger partial charge in [0.1, 0.15) is 0 Å². The molecule has 1 aliphatic carbocycles. The summed E-state index contributed by atoms with van der Waals surface area (Å²) >= 11 is 0. The van der Waals surface area contributed by atoms with Crippen LogP contribution in [0.25, 0.3) is 0 Å². The SMILES string of the molecule is O=C(CCN1C(=O)CCC1=O)NCC1(CN2CCCC2)CC1. The molecule has 0 bridgehead atoms. The Morgan fingerprint density at radius 3 is 2.32 bits per heavy atom. The van der Waals surface area contributed by atoms with E-state index in [0.717, 1.165) is 13.1 Å². The largest absolute Gasteiger partial charge is 0.355 e. The van der Waals surface area contributed by atoms with Crippen molar-refractivity contribution in [2.75, 3.05) is 32.7 Å². The van der Waals surface area contributed by atoms with Crippen molar-refractivity contribution in [2.45, 2.75) is 44.9 Å². The van der Waals surface area contributed by atoms with Crippen LogP contribution in [0.1, 0.15) is 44.9 Å². The third kappa shape index (κ3) is 3.66. The molecule has 0 radical (unpaired) electrons. The van der Waals surface area contributed by atoms with E-state index in [-0.39, 0.29) is 36.1 Å². The van der Waals surface area contributed by atoms with Gasteiger partial charge in [-0.25, -0.2) is 0 Å². The van der Waals surface area contributed by atoms with Gasteiger partial charge in [-0.05, 0) is 38.8 Å². The number of amides is 3. The Bertz CT molecular complexity index is 451. The first-order valence-electron chi connectivity index (χ1n) is 8.40. The molecule has 22 heavy (non-hydrogen) atoms. The van der Waals surface area contributed by atoms with E-state index in [0.29, 0.717) is 12.8 Å². The number of nitrogens with one attached hydrogen (secondary N) is 1. The molecule has 0 atom stereocenters. The van der Waals surface area contributed by atoms with Gasteiger partial charge in [-0.2, -0.15) is 0 Å². The maximum Gasteiger partial charge on any atom is 0.229 e. The van der Waals surface area contributed by atoms with Crippen LogP contribution in [-0.4, -0.2) is 60.2 Å². The molecule has 3 rings (SSSR count). The molecule has 3 amide bonds. The first-order chi connectivity index (χ1) is 10.6. The number of carbonyl (C=O) groups excluding carboxylic acids is 3. The summed E-state index contributed by atoms with van der Waals surface area (Å²) in [4.78, 5) is 38.6. The lowest BCUT2D eigenvalue weighted by atomic mass is 10.1. The Kier molecular flexibility index (Phi) is 4.47. The number of hydrogen-bond donors (Lipinski definition) is 1. The molecule has 0 aromatic carbocycles. The zero-order valence-electron chi connectivity index (χ0n) is 13.1. The van der Waals surface area contributed by atoms with Crippen LogP contribution in [0.2, 0.25) is 0 Å². The molecular weight excluding hydrogens is 282 g/mol. The maximum absolute atomic E-state index is 12.0. The summed E-state index contributed by atoms with van der Waals surface area (Å²) in [6.07, 6.45) is 5.76. The molecule has 2 aliphatic heterocycles. The molecular formula is C16H25N3O3. The molecule has 3 fully saturated rings. The molecule has 1 N–H and O–H groups in total. The minimum Gasteiger partial charge on any atom is -0.355 e. The fourth-order valence-corrected chi connectivity index (χ4v) is 3.44. The maximum atomic E-state index is 12.0. The van der Waals surface area contributed by atoms with E-state index >= 15 is 0 Å². The molecule has 0 unspecified atom stereocenters. The summed E-state index contributed by atoms with van der Waals surface area (Å²) < 4.78 is 0. The van der Waals surface area contributed by atoms with Crippen molar-refractivity contribution in [3.8, 4) is 0 Å². The second-order valence-electron chi connectivity index (χ2n) is 6.95. The van der Waals surface area contributed by atoms with Crippen LogP contribution < -0.4 is 5.32 Å². The third-order valence-corrected chi connectivity index (χ3v) is 5.09. The molecule has 6 nitrogen and oxygen atoms in total. The number of carbonyl (C=O) groups is 3. The molecule has 2 saturated heterocycles. The van der Waals surface area contributed by atoms with E-state index in [9.17, 15) is 14.4 Å². The van der Waals surface area contributed by atoms with Crippen molar-refractivity contribution in [3.05, 3.63) is 0 Å². The predicted molar refractivity (Wildman–Crippen MR) is 80.9 cm³/mol. The van der Waals surface area contributed by atoms with E-state index in [1.165, 1.54) is 43.7 Å². The molecule has 2 heterocycles. The van der Waals surface area contributed by atoms with Gasteiger partial charge in [-0.15, -0.1) is 0 Å². The van der Waals surface area contributed by atoms with Gasteiger partial charge < -0.3 is 10.2 Å². The summed E-state index contributed by atoms with van der Waals surface area (Å²) in [6.45, 7) is 4.42. The Balaban J connectivity index is 1.37. The van der Waals surface area contributed by atoms with E-state index in [2.05, 4.69) is 10.2 Å². The second kappa shape index (κ2) is 6.36. The molecule has 0 aromatic rings. The monoisotopic (exact) mass is 307 g/mol. The lowest BCUT2D eigenvalue weighted by Crippen LogP contribution is -2.39. The van der Waals surface area contributed by atoms with Crippen molar-refractivity contribution in [1.29, 1.82) is 0 Å². The van der Waals surface area contributed by atoms with Gasteiger partial charge in [0.15, 0.2) is 0 Å². The normalized spacial score (nSPS) is 24.1. The second-order valence-corrected chi connectivity index (χ2v) is 6.95. The quantitative estimate of drug-likeness (QED) is 0.696. The summed E-state index contributed by atoms with van der Waals surface area (Å²) in [5, 5.41) is 3.00. The summed E-state index contributed by atoms with van der Waals surface area (Å²) in [7, 11) is 0. The zero-order chi connectivity index (χ0) is 15.6. The predicted octanol–water partition coefficient (Wildman–Crippen LogP) is 0.518. The van der Waals surface area contributed by atoms with Gasteiger partial charge >= 0.3 is 0 Å². The average molecular weight is 307 g/mol. The fraction of sp³-hybridized carbons (Fsp3) is 0.812. The molecule has 1 saturated carbocycles. The number of hydrogen-bond acceptors (Lipinski definition) is 4. The summed E-state index contributed by atoms with van der Waals surface area (Å²) in [6, 6.07) is 0. The van der Waals surface area contributed by atoms with Crippen LogP contribution in [-0.2, 0) is 14.4 Å². The number of imide groups is 1. The van der Waals surface area contributed by atoms with Crippen molar-refractivity contribution in [2.24, 2.45) is 5.41 Å². The van der Waals surface area contributed by atoms with Crippen LogP contribution in [0, 0.1) is 5.41 Å². The molecule has 0 spiro atoms. The first kappa shape index (κ1) is 15.5. The first-order valence-corrected chi connectivity index (χ1v) is 8.40. The summed E-state index contributed by atoms with van der Waals surface area (Å²) in [5.41, 5.74) is 0.277. The van der Waals surface area contributed by atoms with Gasteiger partial charge in [-0.3, -0.25) is 19.3 Å². The van der Waals surface area contributed by atoms with Crippen molar-refractivity contribution in [1.82, 2.24) is 15.1 Å². The highest BCUT2D eigenvalue weighted by atomic mass is 16.2. The van der Waals surface area contributed by atoms with Crippen LogP contribution in [0.3, 0.4) is 0 Å². The van der Waals surface area contributed by atoms with Gasteiger partial charge in [0, 0.05) is 44.3 Å². The molecule has 6 heteroatoms. The van der Waals surface area contributed by atoms with Crippen LogP contribution in [0.4, 0.5) is 0 Å². The standard InChI is InChI=1S/C16H25N3O3/c20-13(5-10-19-14(21)3-4-15(19)22)17-11-16(6-7-16)12-18-8-1-2-9-18/h1-12H2,(H,17,20). The highest BCUT2D eigenvalue weighted by molar-refractivity contribution is 6.02. The van der Waals surface area contributed by atoms with E-state index < -0.39 is 0 Å². The fourth-order valence-electron chi connectivity index (χ4n) is 3.44. The Morgan fingerprint density at radius 1 is 1.09 bits per heavy atom.